The number of phenolic OH excluding ortho intramolecular Hbond substituents is 1. The Morgan fingerprint density at radius 2 is 1.36 bits per heavy atom. The zero-order valence-corrected chi connectivity index (χ0v) is 23.3. The van der Waals surface area contributed by atoms with Gasteiger partial charge < -0.3 is 54.2 Å². The lowest BCUT2D eigenvalue weighted by atomic mass is 10.0. The summed E-state index contributed by atoms with van der Waals surface area (Å²) in [4.78, 5) is 65.7. The number of aliphatic imine (C=N–C) groups is 1. The molecule has 0 saturated carbocycles. The molecule has 0 heterocycles. The number of hydrogen-bond donors (Lipinski definition) is 10. The van der Waals surface area contributed by atoms with Gasteiger partial charge >= 0.3 is 11.9 Å². The normalized spacial score (nSPS) is 13.6. The van der Waals surface area contributed by atoms with E-state index in [2.05, 4.69) is 20.9 Å². The molecule has 0 aliphatic heterocycles. The summed E-state index contributed by atoms with van der Waals surface area (Å²) in [5, 5.41) is 35.6. The standard InChI is InChI=1S/C26H42N8O8/c27-12-2-1-4-18(32-22(38)17(28)10-11-21(36)37)23(39)34-20(14-15-6-8-16(35)9-7-15)24(40)33-19(25(41)42)5-3-13-31-26(29)30/h6-9,17-20,35H,1-5,10-14,27-28H2,(H,32,38)(H,33,40)(H,34,39)(H,36,37)(H,41,42)(H4,29,30,31). The number of carboxylic acids is 2. The number of aliphatic carboxylic acids is 2. The molecule has 4 atom stereocenters. The molecule has 1 aromatic rings. The van der Waals surface area contributed by atoms with E-state index in [0.29, 0.717) is 24.9 Å². The summed E-state index contributed by atoms with van der Waals surface area (Å²) >= 11 is 0. The number of aromatic hydroxyl groups is 1. The second kappa shape index (κ2) is 18.8. The van der Waals surface area contributed by atoms with Crippen LogP contribution >= 0.6 is 0 Å². The van der Waals surface area contributed by atoms with Crippen molar-refractivity contribution in [3.05, 3.63) is 29.8 Å². The quantitative estimate of drug-likeness (QED) is 0.0439. The van der Waals surface area contributed by atoms with Gasteiger partial charge in [-0.2, -0.15) is 0 Å². The van der Waals surface area contributed by atoms with Gasteiger partial charge in [-0.05, 0) is 62.8 Å². The Morgan fingerprint density at radius 3 is 1.93 bits per heavy atom. The lowest BCUT2D eigenvalue weighted by Gasteiger charge is -2.25. The van der Waals surface area contributed by atoms with Crippen LogP contribution in [0.2, 0.25) is 0 Å². The molecule has 0 fully saturated rings. The predicted octanol–water partition coefficient (Wildman–Crippen LogP) is -2.15. The molecular formula is C26H42N8O8. The van der Waals surface area contributed by atoms with E-state index in [1.165, 1.54) is 24.3 Å². The van der Waals surface area contributed by atoms with Crippen LogP contribution in [0.5, 0.6) is 5.75 Å². The third kappa shape index (κ3) is 14.3. The molecule has 42 heavy (non-hydrogen) atoms. The number of rotatable bonds is 20. The number of carbonyl (C=O) groups is 5. The molecule has 16 nitrogen and oxygen atoms in total. The van der Waals surface area contributed by atoms with Crippen LogP contribution in [-0.4, -0.2) is 88.2 Å². The minimum absolute atomic E-state index is 0.00370. The van der Waals surface area contributed by atoms with Gasteiger partial charge in [-0.25, -0.2) is 4.79 Å². The first-order valence-corrected chi connectivity index (χ1v) is 13.5. The van der Waals surface area contributed by atoms with E-state index in [9.17, 15) is 34.2 Å². The summed E-state index contributed by atoms with van der Waals surface area (Å²) in [6.07, 6.45) is 0.836. The summed E-state index contributed by atoms with van der Waals surface area (Å²) < 4.78 is 0. The maximum atomic E-state index is 13.3. The van der Waals surface area contributed by atoms with Crippen molar-refractivity contribution in [2.45, 2.75) is 75.5 Å². The van der Waals surface area contributed by atoms with Gasteiger partial charge in [0.1, 0.15) is 23.9 Å². The molecule has 0 bridgehead atoms. The van der Waals surface area contributed by atoms with Gasteiger partial charge in [-0.1, -0.05) is 12.1 Å². The third-order valence-corrected chi connectivity index (χ3v) is 6.15. The third-order valence-electron chi connectivity index (χ3n) is 6.15. The first kappa shape index (κ1) is 35.6. The van der Waals surface area contributed by atoms with E-state index in [4.69, 9.17) is 28.0 Å². The molecule has 4 unspecified atom stereocenters. The number of nitrogens with zero attached hydrogens (tertiary/aromatic N) is 1. The Bertz CT molecular complexity index is 1080. The SMILES string of the molecule is NCCCCC(NC(=O)C(N)CCC(=O)O)C(=O)NC(Cc1ccc(O)cc1)C(=O)NC(CCCN=C(N)N)C(=O)O. The van der Waals surface area contributed by atoms with E-state index < -0.39 is 53.8 Å². The maximum absolute atomic E-state index is 13.3. The first-order chi connectivity index (χ1) is 19.8. The van der Waals surface area contributed by atoms with E-state index in [1.807, 2.05) is 0 Å². The molecule has 14 N–H and O–H groups in total. The maximum Gasteiger partial charge on any atom is 0.326 e. The highest BCUT2D eigenvalue weighted by Crippen LogP contribution is 2.13. The Hall–Kier alpha value is -4.44. The fourth-order valence-electron chi connectivity index (χ4n) is 3.83. The van der Waals surface area contributed by atoms with E-state index in [0.717, 1.165) is 0 Å². The van der Waals surface area contributed by atoms with Gasteiger partial charge in [0, 0.05) is 19.4 Å². The van der Waals surface area contributed by atoms with E-state index >= 15 is 0 Å². The van der Waals surface area contributed by atoms with Crippen LogP contribution in [0.4, 0.5) is 0 Å². The highest BCUT2D eigenvalue weighted by Gasteiger charge is 2.30. The second-order valence-corrected chi connectivity index (χ2v) is 9.66. The number of phenols is 1. The number of guanidine groups is 1. The zero-order chi connectivity index (χ0) is 31.7. The molecule has 234 valence electrons. The number of benzene rings is 1. The van der Waals surface area contributed by atoms with Crippen LogP contribution in [0.25, 0.3) is 0 Å². The van der Waals surface area contributed by atoms with Gasteiger partial charge in [0.2, 0.25) is 17.7 Å². The molecule has 16 heteroatoms. The van der Waals surface area contributed by atoms with Gasteiger partial charge in [-0.15, -0.1) is 0 Å². The molecule has 0 aliphatic rings. The number of unbranched alkanes of at least 4 members (excludes halogenated alkanes) is 1. The molecule has 1 aromatic carbocycles. The highest BCUT2D eigenvalue weighted by atomic mass is 16.4. The molecule has 0 radical (unpaired) electrons. The van der Waals surface area contributed by atoms with Gasteiger partial charge in [-0.3, -0.25) is 24.2 Å². The number of nitrogens with one attached hydrogen (secondary N) is 3. The van der Waals surface area contributed by atoms with Crippen LogP contribution < -0.4 is 38.9 Å². The Balaban J connectivity index is 3.13. The number of amides is 3. The number of carboxylic acid groups (broad SMARTS) is 2. The minimum atomic E-state index is -1.31. The van der Waals surface area contributed by atoms with Crippen molar-refractivity contribution >= 4 is 35.6 Å². The summed E-state index contributed by atoms with van der Waals surface area (Å²) in [7, 11) is 0. The monoisotopic (exact) mass is 594 g/mol. The van der Waals surface area contributed by atoms with Gasteiger partial charge in [0.25, 0.3) is 0 Å². The van der Waals surface area contributed by atoms with Crippen molar-refractivity contribution in [2.75, 3.05) is 13.1 Å². The fourth-order valence-corrected chi connectivity index (χ4v) is 3.83. The van der Waals surface area contributed by atoms with Gasteiger partial charge in [0.05, 0.1) is 6.04 Å². The van der Waals surface area contributed by atoms with Gasteiger partial charge in [0.15, 0.2) is 5.96 Å². The fraction of sp³-hybridized carbons (Fsp3) is 0.538. The average molecular weight is 595 g/mol. The molecule has 0 aromatic heterocycles. The Morgan fingerprint density at radius 1 is 0.786 bits per heavy atom. The van der Waals surface area contributed by atoms with Crippen molar-refractivity contribution in [1.82, 2.24) is 16.0 Å². The summed E-state index contributed by atoms with van der Waals surface area (Å²) in [6, 6.07) is 0.965. The molecule has 0 saturated heterocycles. The van der Waals surface area contributed by atoms with E-state index in [-0.39, 0.29) is 56.8 Å². The lowest BCUT2D eigenvalue weighted by Crippen LogP contribution is -2.57. The zero-order valence-electron chi connectivity index (χ0n) is 23.3. The van der Waals surface area contributed by atoms with Crippen LogP contribution in [0.1, 0.15) is 50.5 Å². The summed E-state index contributed by atoms with van der Waals surface area (Å²) in [5.41, 5.74) is 22.4. The van der Waals surface area contributed by atoms with Crippen molar-refractivity contribution in [3.63, 3.8) is 0 Å². The number of hydrogen-bond acceptors (Lipinski definition) is 9. The number of carbonyl (C=O) groups excluding carboxylic acids is 3. The Kier molecular flexibility index (Phi) is 15.9. The smallest absolute Gasteiger partial charge is 0.326 e. The summed E-state index contributed by atoms with van der Waals surface area (Å²) in [6.45, 7) is 0.487. The molecule has 0 spiro atoms. The number of nitrogens with two attached hydrogens (primary N) is 4. The predicted molar refractivity (Wildman–Crippen MR) is 153 cm³/mol. The van der Waals surface area contributed by atoms with Crippen LogP contribution in [0, 0.1) is 0 Å². The molecule has 1 rings (SSSR count). The summed E-state index contributed by atoms with van der Waals surface area (Å²) in [5.74, 6) is -4.87. The van der Waals surface area contributed by atoms with E-state index in [1.54, 1.807) is 0 Å². The molecule has 3 amide bonds. The lowest BCUT2D eigenvalue weighted by molar-refractivity contribution is -0.142. The first-order valence-electron chi connectivity index (χ1n) is 13.5. The largest absolute Gasteiger partial charge is 0.508 e. The van der Waals surface area contributed by atoms with Crippen LogP contribution in [0.3, 0.4) is 0 Å². The van der Waals surface area contributed by atoms with Crippen molar-refractivity contribution in [2.24, 2.45) is 27.9 Å². The second-order valence-electron chi connectivity index (χ2n) is 9.66. The van der Waals surface area contributed by atoms with Crippen molar-refractivity contribution < 1.29 is 39.3 Å². The van der Waals surface area contributed by atoms with Crippen molar-refractivity contribution in [3.8, 4) is 5.75 Å². The minimum Gasteiger partial charge on any atom is -0.508 e. The highest BCUT2D eigenvalue weighted by molar-refractivity contribution is 5.94. The van der Waals surface area contributed by atoms with Crippen LogP contribution in [0.15, 0.2) is 29.3 Å². The molecular weight excluding hydrogens is 552 g/mol. The molecule has 0 aliphatic carbocycles. The topological polar surface area (TPSA) is 299 Å². The Labute approximate surface area is 243 Å². The van der Waals surface area contributed by atoms with Crippen LogP contribution in [-0.2, 0) is 30.4 Å². The van der Waals surface area contributed by atoms with Crippen molar-refractivity contribution in [1.29, 1.82) is 0 Å². The average Bonchev–Trinajstić information content (AvgIpc) is 2.93.